The van der Waals surface area contributed by atoms with Crippen molar-refractivity contribution < 1.29 is 4.79 Å². The molecule has 4 heteroatoms. The van der Waals surface area contributed by atoms with Gasteiger partial charge < -0.3 is 10.6 Å². The van der Waals surface area contributed by atoms with Gasteiger partial charge in [0.05, 0.1) is 11.9 Å². The zero-order valence-corrected chi connectivity index (χ0v) is 9.37. The van der Waals surface area contributed by atoms with E-state index >= 15 is 0 Å². The van der Waals surface area contributed by atoms with Crippen molar-refractivity contribution in [3.05, 3.63) is 18.3 Å². The van der Waals surface area contributed by atoms with Crippen LogP contribution >= 0.6 is 0 Å². The highest BCUT2D eigenvalue weighted by Gasteiger charge is 1.98. The van der Waals surface area contributed by atoms with Gasteiger partial charge in [0.25, 0.3) is 0 Å². The van der Waals surface area contributed by atoms with Gasteiger partial charge in [-0.2, -0.15) is 0 Å². The molecule has 1 amide bonds. The highest BCUT2D eigenvalue weighted by molar-refractivity contribution is 5.87. The lowest BCUT2D eigenvalue weighted by atomic mass is 10.2. The van der Waals surface area contributed by atoms with Gasteiger partial charge in [0, 0.05) is 13.5 Å². The lowest BCUT2D eigenvalue weighted by molar-refractivity contribution is -0.114. The van der Waals surface area contributed by atoms with E-state index in [0.717, 1.165) is 12.2 Å². The summed E-state index contributed by atoms with van der Waals surface area (Å²) in [5.74, 6) is 1.07. The summed E-state index contributed by atoms with van der Waals surface area (Å²) in [6.07, 6.45) is 1.72. The molecule has 4 nitrogen and oxygen atoms in total. The van der Waals surface area contributed by atoms with Gasteiger partial charge >= 0.3 is 0 Å². The first-order valence-electron chi connectivity index (χ1n) is 5.05. The topological polar surface area (TPSA) is 54.0 Å². The minimum absolute atomic E-state index is 0.106. The molecule has 0 aromatic carbocycles. The molecule has 0 aliphatic carbocycles. The molecule has 0 aliphatic heterocycles. The number of rotatable bonds is 4. The first kappa shape index (κ1) is 11.5. The predicted octanol–water partition coefficient (Wildman–Crippen LogP) is 2.11. The monoisotopic (exact) mass is 207 g/mol. The average molecular weight is 207 g/mol. The maximum absolute atomic E-state index is 10.7. The molecule has 0 saturated carbocycles. The van der Waals surface area contributed by atoms with Gasteiger partial charge in [0.1, 0.15) is 5.82 Å². The molecule has 0 fully saturated rings. The predicted molar refractivity (Wildman–Crippen MR) is 61.9 cm³/mol. The van der Waals surface area contributed by atoms with Crippen LogP contribution in [-0.4, -0.2) is 17.4 Å². The summed E-state index contributed by atoms with van der Waals surface area (Å²) in [7, 11) is 0. The first-order chi connectivity index (χ1) is 7.08. The van der Waals surface area contributed by atoms with Crippen LogP contribution in [0.15, 0.2) is 18.3 Å². The van der Waals surface area contributed by atoms with Crippen LogP contribution in [0.3, 0.4) is 0 Å². The molecule has 2 N–H and O–H groups in total. The van der Waals surface area contributed by atoms with Gasteiger partial charge in [-0.3, -0.25) is 4.79 Å². The Morgan fingerprint density at radius 2 is 2.20 bits per heavy atom. The van der Waals surface area contributed by atoms with Crippen molar-refractivity contribution in [2.75, 3.05) is 17.2 Å². The Bertz CT molecular complexity index is 319. The van der Waals surface area contributed by atoms with Gasteiger partial charge in [-0.1, -0.05) is 13.8 Å². The Morgan fingerprint density at radius 3 is 2.67 bits per heavy atom. The van der Waals surface area contributed by atoms with Crippen LogP contribution in [0.2, 0.25) is 0 Å². The molecule has 0 unspecified atom stereocenters. The highest BCUT2D eigenvalue weighted by atomic mass is 16.1. The number of hydrogen-bond donors (Lipinski definition) is 2. The Balaban J connectivity index is 2.52. The molecule has 0 atom stereocenters. The number of nitrogens with one attached hydrogen (secondary N) is 2. The second-order valence-electron chi connectivity index (χ2n) is 3.89. The molecule has 1 aromatic rings. The summed E-state index contributed by atoms with van der Waals surface area (Å²) in [5.41, 5.74) is 0.970. The number of amides is 1. The van der Waals surface area contributed by atoms with E-state index in [4.69, 9.17) is 0 Å². The molecule has 0 saturated heterocycles. The highest BCUT2D eigenvalue weighted by Crippen LogP contribution is 2.09. The van der Waals surface area contributed by atoms with Crippen molar-refractivity contribution >= 4 is 17.4 Å². The Hall–Kier alpha value is -1.58. The Morgan fingerprint density at radius 1 is 1.47 bits per heavy atom. The summed E-state index contributed by atoms with van der Waals surface area (Å²) < 4.78 is 0. The Labute approximate surface area is 90.1 Å². The van der Waals surface area contributed by atoms with E-state index < -0.39 is 0 Å². The van der Waals surface area contributed by atoms with Crippen LogP contribution in [-0.2, 0) is 4.79 Å². The summed E-state index contributed by atoms with van der Waals surface area (Å²) in [5, 5.41) is 5.87. The van der Waals surface area contributed by atoms with Gasteiger partial charge in [-0.15, -0.1) is 0 Å². The van der Waals surface area contributed by atoms with Crippen molar-refractivity contribution in [3.63, 3.8) is 0 Å². The molecular formula is C11H17N3O. The third-order valence-corrected chi connectivity index (χ3v) is 1.78. The van der Waals surface area contributed by atoms with E-state index in [1.54, 1.807) is 12.3 Å². The summed E-state index contributed by atoms with van der Waals surface area (Å²) in [6.45, 7) is 6.67. The van der Waals surface area contributed by atoms with Crippen LogP contribution < -0.4 is 10.6 Å². The number of carbonyl (C=O) groups is 1. The average Bonchev–Trinajstić information content (AvgIpc) is 2.16. The fraction of sp³-hybridized carbons (Fsp3) is 0.455. The molecule has 1 heterocycles. The van der Waals surface area contributed by atoms with Crippen LogP contribution in [0.25, 0.3) is 0 Å². The quantitative estimate of drug-likeness (QED) is 0.795. The third kappa shape index (κ3) is 4.44. The normalized spacial score (nSPS) is 10.1. The maximum Gasteiger partial charge on any atom is 0.222 e. The summed E-state index contributed by atoms with van der Waals surface area (Å²) in [4.78, 5) is 14.8. The number of anilines is 2. The number of pyridine rings is 1. The van der Waals surface area contributed by atoms with Gasteiger partial charge in [-0.25, -0.2) is 4.98 Å². The van der Waals surface area contributed by atoms with E-state index in [0.29, 0.717) is 11.7 Å². The number of aromatic nitrogens is 1. The van der Waals surface area contributed by atoms with Crippen molar-refractivity contribution in [1.82, 2.24) is 4.98 Å². The van der Waals surface area contributed by atoms with Gasteiger partial charge in [0.2, 0.25) is 5.91 Å². The van der Waals surface area contributed by atoms with Crippen molar-refractivity contribution in [2.45, 2.75) is 20.8 Å². The molecule has 15 heavy (non-hydrogen) atoms. The second kappa shape index (κ2) is 5.34. The van der Waals surface area contributed by atoms with E-state index in [2.05, 4.69) is 29.5 Å². The maximum atomic E-state index is 10.7. The lowest BCUT2D eigenvalue weighted by Crippen LogP contribution is -2.09. The van der Waals surface area contributed by atoms with Crippen molar-refractivity contribution in [3.8, 4) is 0 Å². The minimum atomic E-state index is -0.106. The number of hydrogen-bond acceptors (Lipinski definition) is 3. The fourth-order valence-corrected chi connectivity index (χ4v) is 1.07. The van der Waals surface area contributed by atoms with Gasteiger partial charge in [0.15, 0.2) is 0 Å². The van der Waals surface area contributed by atoms with Crippen molar-refractivity contribution in [1.29, 1.82) is 0 Å². The molecule has 1 aromatic heterocycles. The lowest BCUT2D eigenvalue weighted by Gasteiger charge is -2.08. The van der Waals surface area contributed by atoms with Crippen molar-refractivity contribution in [2.24, 2.45) is 5.92 Å². The molecule has 1 rings (SSSR count). The zero-order valence-electron chi connectivity index (χ0n) is 9.37. The van der Waals surface area contributed by atoms with E-state index in [-0.39, 0.29) is 5.91 Å². The molecule has 0 spiro atoms. The summed E-state index contributed by atoms with van der Waals surface area (Å²) >= 11 is 0. The summed E-state index contributed by atoms with van der Waals surface area (Å²) in [6, 6.07) is 3.69. The smallest absolute Gasteiger partial charge is 0.222 e. The third-order valence-electron chi connectivity index (χ3n) is 1.78. The largest absolute Gasteiger partial charge is 0.384 e. The van der Waals surface area contributed by atoms with Crippen LogP contribution in [0.1, 0.15) is 20.8 Å². The first-order valence-corrected chi connectivity index (χ1v) is 5.05. The number of nitrogens with zero attached hydrogens (tertiary/aromatic N) is 1. The van der Waals surface area contributed by atoms with E-state index in [9.17, 15) is 4.79 Å². The molecule has 0 radical (unpaired) electrons. The van der Waals surface area contributed by atoms with Crippen LogP contribution in [0, 0.1) is 5.92 Å². The SMILES string of the molecule is CC(=O)Nc1ccc(NCC(C)C)cn1. The van der Waals surface area contributed by atoms with E-state index in [1.165, 1.54) is 6.92 Å². The van der Waals surface area contributed by atoms with Gasteiger partial charge in [-0.05, 0) is 18.1 Å². The Kier molecular flexibility index (Phi) is 4.09. The minimum Gasteiger partial charge on any atom is -0.384 e. The molecule has 82 valence electrons. The zero-order chi connectivity index (χ0) is 11.3. The fourth-order valence-electron chi connectivity index (χ4n) is 1.07. The number of carbonyl (C=O) groups excluding carboxylic acids is 1. The van der Waals surface area contributed by atoms with Crippen LogP contribution in [0.5, 0.6) is 0 Å². The molecular weight excluding hydrogens is 190 g/mol. The second-order valence-corrected chi connectivity index (χ2v) is 3.89. The van der Waals surface area contributed by atoms with Crippen LogP contribution in [0.4, 0.5) is 11.5 Å². The molecule has 0 bridgehead atoms. The van der Waals surface area contributed by atoms with E-state index in [1.807, 2.05) is 6.07 Å². The molecule has 0 aliphatic rings. The standard InChI is InChI=1S/C11H17N3O/c1-8(2)6-12-10-4-5-11(13-7-10)14-9(3)15/h4-5,7-8,12H,6H2,1-3H3,(H,13,14,15).